The van der Waals surface area contributed by atoms with E-state index in [1.165, 1.54) is 16.7 Å². The maximum atomic E-state index is 16.0. The second-order valence-corrected chi connectivity index (χ2v) is 10.7. The fourth-order valence-electron chi connectivity index (χ4n) is 5.07. The van der Waals surface area contributed by atoms with E-state index in [0.29, 0.717) is 45.0 Å². The van der Waals surface area contributed by atoms with Crippen LogP contribution in [0.15, 0.2) is 65.5 Å². The summed E-state index contributed by atoms with van der Waals surface area (Å²) < 4.78 is 47.8. The highest BCUT2D eigenvalue weighted by Gasteiger charge is 2.49. The third-order valence-corrected chi connectivity index (χ3v) is 7.38. The molecule has 3 aromatic carbocycles. The van der Waals surface area contributed by atoms with E-state index in [1.807, 2.05) is 30.3 Å². The largest absolute Gasteiger partial charge is 0.384 e. The number of hydrogen-bond donors (Lipinski definition) is 1. The molecular weight excluding hydrogens is 531 g/mol. The van der Waals surface area contributed by atoms with Crippen LogP contribution < -0.4 is 10.5 Å². The molecule has 5 aromatic rings. The van der Waals surface area contributed by atoms with Gasteiger partial charge in [-0.25, -0.2) is 19.3 Å². The van der Waals surface area contributed by atoms with E-state index in [2.05, 4.69) is 9.97 Å². The first kappa shape index (κ1) is 28.2. The molecule has 5 rings (SSSR count). The molecule has 212 valence electrons. The second kappa shape index (κ2) is 9.95. The molecule has 2 aromatic heterocycles. The first-order valence-electron chi connectivity index (χ1n) is 13.1. The minimum atomic E-state index is -3.85. The van der Waals surface area contributed by atoms with Gasteiger partial charge in [-0.1, -0.05) is 30.3 Å². The Balaban J connectivity index is 1.80. The summed E-state index contributed by atoms with van der Waals surface area (Å²) in [6.07, 6.45) is 0. The van der Waals surface area contributed by atoms with Crippen molar-refractivity contribution in [3.05, 3.63) is 99.5 Å². The number of halogens is 3. The van der Waals surface area contributed by atoms with E-state index in [1.54, 1.807) is 44.9 Å². The van der Waals surface area contributed by atoms with Gasteiger partial charge in [-0.2, -0.15) is 8.78 Å². The van der Waals surface area contributed by atoms with Crippen molar-refractivity contribution < 1.29 is 18.3 Å². The lowest BCUT2D eigenvalue weighted by atomic mass is 9.90. The number of anilines is 2. The molecule has 0 radical (unpaired) electrons. The summed E-state index contributed by atoms with van der Waals surface area (Å²) in [7, 11) is 1.65. The summed E-state index contributed by atoms with van der Waals surface area (Å²) in [6.45, 7) is 6.96. The molecule has 41 heavy (non-hydrogen) atoms. The Morgan fingerprint density at radius 1 is 0.951 bits per heavy atom. The van der Waals surface area contributed by atoms with Gasteiger partial charge >= 0.3 is 5.92 Å². The number of fused-ring (bicyclic) bond motifs is 2. The van der Waals surface area contributed by atoms with Crippen molar-refractivity contribution in [2.45, 2.75) is 52.2 Å². The molecule has 0 fully saturated rings. The van der Waals surface area contributed by atoms with Crippen molar-refractivity contribution in [2.75, 3.05) is 4.90 Å². The van der Waals surface area contributed by atoms with E-state index in [-0.39, 0.29) is 11.1 Å². The molecule has 0 aliphatic heterocycles. The average Bonchev–Trinajstić information content (AvgIpc) is 2.91. The second-order valence-electron chi connectivity index (χ2n) is 10.7. The van der Waals surface area contributed by atoms with Crippen molar-refractivity contribution in [1.29, 1.82) is 0 Å². The topological polar surface area (TPSA) is 84.1 Å². The molecule has 1 atom stereocenters. The Kier molecular flexibility index (Phi) is 6.85. The zero-order chi connectivity index (χ0) is 29.9. The molecule has 0 bridgehead atoms. The van der Waals surface area contributed by atoms with Gasteiger partial charge in [0.05, 0.1) is 28.2 Å². The highest BCUT2D eigenvalue weighted by Crippen LogP contribution is 2.44. The number of para-hydroxylation sites is 1. The Labute approximate surface area is 234 Å². The lowest BCUT2D eigenvalue weighted by Gasteiger charge is -2.34. The maximum absolute atomic E-state index is 16.0. The predicted molar refractivity (Wildman–Crippen MR) is 153 cm³/mol. The SMILES string of the molecule is Cc1nc(N(c2ccccc2)[C@H](C)c2cccc(C(F)(F)C(C)(C)O)c2F)c2cc3c(cc2n1)nc(C)c(=O)n3C. The van der Waals surface area contributed by atoms with Crippen molar-refractivity contribution in [3.63, 3.8) is 0 Å². The van der Waals surface area contributed by atoms with E-state index >= 15 is 13.2 Å². The molecule has 0 saturated carbocycles. The highest BCUT2D eigenvalue weighted by atomic mass is 19.3. The third-order valence-electron chi connectivity index (χ3n) is 7.38. The number of aliphatic hydroxyl groups is 1. The minimum Gasteiger partial charge on any atom is -0.384 e. The fraction of sp³-hybridized carbons (Fsp3) is 0.290. The van der Waals surface area contributed by atoms with Crippen LogP contribution >= 0.6 is 0 Å². The first-order valence-corrected chi connectivity index (χ1v) is 13.1. The molecule has 10 heteroatoms. The minimum absolute atomic E-state index is 0.00910. The summed E-state index contributed by atoms with van der Waals surface area (Å²) in [6, 6.07) is 15.6. The quantitative estimate of drug-likeness (QED) is 0.242. The van der Waals surface area contributed by atoms with Crippen LogP contribution in [0.3, 0.4) is 0 Å². The summed E-state index contributed by atoms with van der Waals surface area (Å²) in [5.41, 5.74) is -0.962. The number of aryl methyl sites for hydroxylation is 3. The smallest absolute Gasteiger partial charge is 0.303 e. The van der Waals surface area contributed by atoms with Gasteiger partial charge in [-0.05, 0) is 65.0 Å². The molecule has 2 heterocycles. The van der Waals surface area contributed by atoms with Gasteiger partial charge in [0.15, 0.2) is 0 Å². The molecule has 1 N–H and O–H groups in total. The lowest BCUT2D eigenvalue weighted by Crippen LogP contribution is -2.41. The number of hydrogen-bond acceptors (Lipinski definition) is 6. The van der Waals surface area contributed by atoms with E-state index in [9.17, 15) is 9.90 Å². The lowest BCUT2D eigenvalue weighted by molar-refractivity contribution is -0.170. The normalized spacial score (nSPS) is 13.1. The van der Waals surface area contributed by atoms with E-state index in [0.717, 1.165) is 19.9 Å². The molecule has 7 nitrogen and oxygen atoms in total. The summed E-state index contributed by atoms with van der Waals surface area (Å²) >= 11 is 0. The highest BCUT2D eigenvalue weighted by molar-refractivity contribution is 6.00. The van der Waals surface area contributed by atoms with Crippen LogP contribution in [0.2, 0.25) is 0 Å². The van der Waals surface area contributed by atoms with E-state index < -0.39 is 28.9 Å². The molecule has 0 aliphatic carbocycles. The van der Waals surface area contributed by atoms with Crippen LogP contribution in [0.1, 0.15) is 49.5 Å². The Morgan fingerprint density at radius 2 is 1.63 bits per heavy atom. The average molecular weight is 562 g/mol. The number of aromatic nitrogens is 4. The fourth-order valence-corrected chi connectivity index (χ4v) is 5.07. The van der Waals surface area contributed by atoms with Gasteiger partial charge in [0.2, 0.25) is 0 Å². The molecule has 0 saturated heterocycles. The number of nitrogens with zero attached hydrogens (tertiary/aromatic N) is 5. The molecular formula is C31H30F3N5O2. The number of benzene rings is 3. The van der Waals surface area contributed by atoms with Crippen LogP contribution in [0, 0.1) is 19.7 Å². The van der Waals surface area contributed by atoms with E-state index in [4.69, 9.17) is 4.98 Å². The summed E-state index contributed by atoms with van der Waals surface area (Å²) in [5.74, 6) is -4.13. The van der Waals surface area contributed by atoms with Crippen molar-refractivity contribution >= 4 is 33.4 Å². The van der Waals surface area contributed by atoms with Gasteiger partial charge in [-0.3, -0.25) is 4.79 Å². The van der Waals surface area contributed by atoms with Crippen molar-refractivity contribution in [3.8, 4) is 0 Å². The van der Waals surface area contributed by atoms with Gasteiger partial charge < -0.3 is 14.6 Å². The molecule has 0 unspecified atom stereocenters. The van der Waals surface area contributed by atoms with Crippen LogP contribution in [-0.4, -0.2) is 30.2 Å². The Morgan fingerprint density at radius 3 is 2.29 bits per heavy atom. The number of rotatable bonds is 6. The zero-order valence-corrected chi connectivity index (χ0v) is 23.6. The first-order chi connectivity index (χ1) is 19.2. The van der Waals surface area contributed by atoms with Crippen LogP contribution in [0.4, 0.5) is 24.7 Å². The van der Waals surface area contributed by atoms with Gasteiger partial charge in [-0.15, -0.1) is 0 Å². The third kappa shape index (κ3) is 4.72. The number of alkyl halides is 2. The van der Waals surface area contributed by atoms with Crippen LogP contribution in [0.5, 0.6) is 0 Å². The maximum Gasteiger partial charge on any atom is 0.303 e. The van der Waals surface area contributed by atoms with Gasteiger partial charge in [0.25, 0.3) is 5.56 Å². The zero-order valence-electron chi connectivity index (χ0n) is 23.6. The standard InChI is InChI=1S/C31H30F3N5O2/c1-17-29(40)38(6)26-15-22-24(16-25(26)35-17)36-19(3)37-28(22)39(20-11-8-7-9-12-20)18(2)21-13-10-14-23(27(21)32)31(33,34)30(4,5)41/h7-16,18,41H,1-6H3/t18-/m1/s1. The predicted octanol–water partition coefficient (Wildman–Crippen LogP) is 6.39. The van der Waals surface area contributed by atoms with Crippen LogP contribution in [0.25, 0.3) is 21.9 Å². The molecule has 0 spiro atoms. The Hall–Kier alpha value is -4.31. The Bertz CT molecular complexity index is 1850. The summed E-state index contributed by atoms with van der Waals surface area (Å²) in [5, 5.41) is 10.7. The van der Waals surface area contributed by atoms with Crippen molar-refractivity contribution in [1.82, 2.24) is 19.5 Å². The van der Waals surface area contributed by atoms with Crippen LogP contribution in [-0.2, 0) is 13.0 Å². The summed E-state index contributed by atoms with van der Waals surface area (Å²) in [4.78, 5) is 28.2. The monoisotopic (exact) mass is 561 g/mol. The van der Waals surface area contributed by atoms with Crippen molar-refractivity contribution in [2.24, 2.45) is 7.05 Å². The van der Waals surface area contributed by atoms with Gasteiger partial charge in [0.1, 0.15) is 28.8 Å². The molecule has 0 amide bonds. The van der Waals surface area contributed by atoms with Gasteiger partial charge in [0, 0.05) is 23.7 Å². The molecule has 0 aliphatic rings.